The zero-order valence-corrected chi connectivity index (χ0v) is 23.1. The maximum atomic E-state index is 12.8. The highest BCUT2D eigenvalue weighted by Gasteiger charge is 2.52. The predicted molar refractivity (Wildman–Crippen MR) is 153 cm³/mol. The summed E-state index contributed by atoms with van der Waals surface area (Å²) >= 11 is 0. The van der Waals surface area contributed by atoms with Crippen LogP contribution in [-0.2, 0) is 16.4 Å². The molecule has 2 aliphatic heterocycles. The summed E-state index contributed by atoms with van der Waals surface area (Å²) in [6.07, 6.45) is 3.64. The number of hydrogen-bond donors (Lipinski definition) is 0. The lowest BCUT2D eigenvalue weighted by molar-refractivity contribution is 0.00578. The number of fused-ring (bicyclic) bond motifs is 1. The topological polar surface area (TPSA) is 59.8 Å². The molecular weight excluding hydrogens is 475 g/mol. The monoisotopic (exact) mass is 522 g/mol. The number of pyridine rings is 1. The van der Waals surface area contributed by atoms with Gasteiger partial charge in [-0.05, 0) is 102 Å². The standard InChI is InChI=1S/C30H41BN4O3/c1-20(35-17-14-22(15-18-35)21-9-11-23(12-10-21)28(36)33(6)7)26-19-24-25(13-16-32-27(24)34(26)8)31-37-29(2,3)30(4,5)38-31/h9-13,16,19-20,22H,14-15,17-18H2,1-8H3/i6D3,7D3. The second-order valence-electron chi connectivity index (χ2n) is 11.6. The molecule has 5 rings (SSSR count). The third-order valence-electron chi connectivity index (χ3n) is 8.84. The summed E-state index contributed by atoms with van der Waals surface area (Å²) in [6, 6.07) is 11.0. The molecule has 0 radical (unpaired) electrons. The van der Waals surface area contributed by atoms with Crippen molar-refractivity contribution in [1.82, 2.24) is 19.4 Å². The number of hydrogen-bond acceptors (Lipinski definition) is 5. The van der Waals surface area contributed by atoms with Gasteiger partial charge in [-0.3, -0.25) is 9.69 Å². The van der Waals surface area contributed by atoms with E-state index in [1.165, 1.54) is 12.1 Å². The smallest absolute Gasteiger partial charge is 0.399 e. The molecule has 2 saturated heterocycles. The second-order valence-corrected chi connectivity index (χ2v) is 11.6. The van der Waals surface area contributed by atoms with Gasteiger partial charge in [0.15, 0.2) is 0 Å². The van der Waals surface area contributed by atoms with E-state index < -0.39 is 38.2 Å². The molecule has 4 heterocycles. The highest BCUT2D eigenvalue weighted by molar-refractivity contribution is 6.65. The maximum Gasteiger partial charge on any atom is 0.495 e. The minimum Gasteiger partial charge on any atom is -0.399 e. The summed E-state index contributed by atoms with van der Waals surface area (Å²) < 4.78 is 60.0. The predicted octanol–water partition coefficient (Wildman–Crippen LogP) is 4.51. The molecule has 1 atom stereocenters. The number of carbonyl (C=O) groups excluding carboxylic acids is 1. The quantitative estimate of drug-likeness (QED) is 0.462. The Morgan fingerprint density at radius 3 is 2.34 bits per heavy atom. The minimum atomic E-state index is -3.07. The SMILES string of the molecule is [2H]C([2H])([2H])N(C(=O)c1ccc(C2CCN(C(C)c3cc4c(B5OC(C)(C)C(C)(C)O5)ccnc4n3C)CC2)cc1)C([2H])([2H])[2H]. The zero-order valence-electron chi connectivity index (χ0n) is 29.1. The molecule has 0 N–H and O–H groups in total. The highest BCUT2D eigenvalue weighted by atomic mass is 16.7. The second kappa shape index (κ2) is 9.81. The highest BCUT2D eigenvalue weighted by Crippen LogP contribution is 2.38. The molecule has 7 nitrogen and oxygen atoms in total. The Kier molecular flexibility index (Phi) is 5.23. The molecule has 0 saturated carbocycles. The van der Waals surface area contributed by atoms with E-state index in [0.717, 1.165) is 53.7 Å². The Labute approximate surface area is 235 Å². The number of likely N-dealkylation sites (tertiary alicyclic amines) is 1. The number of aromatic nitrogens is 2. The van der Waals surface area contributed by atoms with Gasteiger partial charge >= 0.3 is 7.12 Å². The van der Waals surface area contributed by atoms with Gasteiger partial charge in [0.2, 0.25) is 0 Å². The van der Waals surface area contributed by atoms with Gasteiger partial charge in [-0.1, -0.05) is 12.1 Å². The van der Waals surface area contributed by atoms with Crippen LogP contribution in [0.15, 0.2) is 42.6 Å². The van der Waals surface area contributed by atoms with Crippen molar-refractivity contribution in [2.45, 2.75) is 70.6 Å². The van der Waals surface area contributed by atoms with Crippen LogP contribution in [0.5, 0.6) is 0 Å². The molecule has 38 heavy (non-hydrogen) atoms. The fraction of sp³-hybridized carbons (Fsp3) is 0.533. The largest absolute Gasteiger partial charge is 0.495 e. The van der Waals surface area contributed by atoms with E-state index in [1.54, 1.807) is 12.1 Å². The molecular formula is C30H41BN4O3. The molecule has 1 aromatic carbocycles. The first-order chi connectivity index (χ1) is 20.3. The van der Waals surface area contributed by atoms with Crippen LogP contribution >= 0.6 is 0 Å². The van der Waals surface area contributed by atoms with Crippen LogP contribution in [0.25, 0.3) is 11.0 Å². The summed E-state index contributed by atoms with van der Waals surface area (Å²) in [7, 11) is 1.57. The normalized spacial score (nSPS) is 23.7. The molecule has 0 aliphatic carbocycles. The number of piperidine rings is 1. The Morgan fingerprint density at radius 1 is 1.11 bits per heavy atom. The van der Waals surface area contributed by atoms with E-state index in [4.69, 9.17) is 17.5 Å². The number of rotatable bonds is 5. The van der Waals surface area contributed by atoms with E-state index in [1.807, 2.05) is 19.3 Å². The van der Waals surface area contributed by atoms with E-state index in [-0.39, 0.29) is 22.4 Å². The Balaban J connectivity index is 1.28. The summed E-state index contributed by atoms with van der Waals surface area (Å²) in [5.41, 5.74) is 3.23. The van der Waals surface area contributed by atoms with Crippen molar-refractivity contribution in [3.05, 3.63) is 59.4 Å². The summed E-state index contributed by atoms with van der Waals surface area (Å²) in [5, 5.41) is 1.02. The van der Waals surface area contributed by atoms with Gasteiger partial charge in [0.25, 0.3) is 5.91 Å². The lowest BCUT2D eigenvalue weighted by atomic mass is 9.78. The van der Waals surface area contributed by atoms with Gasteiger partial charge in [-0.15, -0.1) is 0 Å². The van der Waals surface area contributed by atoms with Crippen molar-refractivity contribution in [1.29, 1.82) is 0 Å². The molecule has 2 fully saturated rings. The van der Waals surface area contributed by atoms with Crippen LogP contribution in [-0.4, -0.2) is 70.6 Å². The van der Waals surface area contributed by atoms with Crippen LogP contribution in [0.4, 0.5) is 0 Å². The van der Waals surface area contributed by atoms with Crippen LogP contribution in [0.1, 0.15) is 89.3 Å². The van der Waals surface area contributed by atoms with Crippen molar-refractivity contribution in [3.63, 3.8) is 0 Å². The van der Waals surface area contributed by atoms with Crippen molar-refractivity contribution < 1.29 is 22.3 Å². The number of benzene rings is 1. The number of nitrogens with zero attached hydrogens (tertiary/aromatic N) is 4. The third-order valence-corrected chi connectivity index (χ3v) is 8.84. The Morgan fingerprint density at radius 2 is 1.74 bits per heavy atom. The molecule has 2 aliphatic rings. The van der Waals surface area contributed by atoms with Crippen LogP contribution in [0.3, 0.4) is 0 Å². The molecule has 1 unspecified atom stereocenters. The first-order valence-corrected chi connectivity index (χ1v) is 13.3. The molecule has 0 bridgehead atoms. The fourth-order valence-electron chi connectivity index (χ4n) is 5.67. The van der Waals surface area contributed by atoms with Gasteiger partial charge < -0.3 is 18.8 Å². The molecule has 1 amide bonds. The van der Waals surface area contributed by atoms with E-state index in [0.29, 0.717) is 0 Å². The molecule has 2 aromatic heterocycles. The first kappa shape index (κ1) is 20.3. The van der Waals surface area contributed by atoms with Crippen LogP contribution in [0, 0.1) is 0 Å². The zero-order chi connectivity index (χ0) is 32.4. The van der Waals surface area contributed by atoms with Gasteiger partial charge in [0, 0.05) is 58.1 Å². The Hall–Kier alpha value is -2.68. The van der Waals surface area contributed by atoms with Crippen molar-refractivity contribution in [2.75, 3.05) is 27.0 Å². The summed E-state index contributed by atoms with van der Waals surface area (Å²) in [6.45, 7) is 6.02. The van der Waals surface area contributed by atoms with E-state index >= 15 is 0 Å². The third kappa shape index (κ3) is 4.67. The fourth-order valence-corrected chi connectivity index (χ4v) is 5.67. The molecule has 0 spiro atoms. The van der Waals surface area contributed by atoms with Crippen LogP contribution < -0.4 is 5.46 Å². The van der Waals surface area contributed by atoms with Crippen molar-refractivity contribution >= 4 is 29.5 Å². The lowest BCUT2D eigenvalue weighted by Crippen LogP contribution is -2.41. The number of amides is 1. The maximum absolute atomic E-state index is 12.8. The average Bonchev–Trinajstić information content (AvgIpc) is 3.37. The minimum absolute atomic E-state index is 0.00423. The Bertz CT molecular complexity index is 1500. The van der Waals surface area contributed by atoms with E-state index in [9.17, 15) is 4.79 Å². The molecule has 202 valence electrons. The van der Waals surface area contributed by atoms with E-state index in [2.05, 4.69) is 55.1 Å². The van der Waals surface area contributed by atoms with Crippen molar-refractivity contribution in [3.8, 4) is 0 Å². The van der Waals surface area contributed by atoms with Gasteiger partial charge in [0.1, 0.15) is 5.65 Å². The molecule has 8 heteroatoms. The van der Waals surface area contributed by atoms with Gasteiger partial charge in [-0.2, -0.15) is 0 Å². The number of aryl methyl sites for hydroxylation is 1. The van der Waals surface area contributed by atoms with Crippen molar-refractivity contribution in [2.24, 2.45) is 7.05 Å². The molecule has 3 aromatic rings. The summed E-state index contributed by atoms with van der Waals surface area (Å²) in [4.78, 5) is 19.9. The lowest BCUT2D eigenvalue weighted by Gasteiger charge is -2.36. The van der Waals surface area contributed by atoms with Gasteiger partial charge in [0.05, 0.1) is 11.2 Å². The van der Waals surface area contributed by atoms with Gasteiger partial charge in [-0.25, -0.2) is 4.98 Å². The van der Waals surface area contributed by atoms with Crippen LogP contribution in [0.2, 0.25) is 0 Å². The summed E-state index contributed by atoms with van der Waals surface area (Å²) in [5.74, 6) is -0.765. The first-order valence-electron chi connectivity index (χ1n) is 16.3. The number of carbonyl (C=O) groups is 1. The average molecular weight is 523 g/mol.